The van der Waals surface area contributed by atoms with E-state index in [1.54, 1.807) is 0 Å². The molecule has 1 N–H and O–H groups in total. The van der Waals surface area contributed by atoms with E-state index in [1.165, 1.54) is 12.0 Å². The molecule has 0 radical (unpaired) electrons. The van der Waals surface area contributed by atoms with Crippen molar-refractivity contribution in [2.75, 3.05) is 32.8 Å². The second-order valence-corrected chi connectivity index (χ2v) is 17.7. The molecule has 0 aromatic heterocycles. The average Bonchev–Trinajstić information content (AvgIpc) is 2.94. The van der Waals surface area contributed by atoms with Crippen molar-refractivity contribution in [3.63, 3.8) is 0 Å². The van der Waals surface area contributed by atoms with Crippen LogP contribution in [0.25, 0.3) is 0 Å². The lowest BCUT2D eigenvalue weighted by Gasteiger charge is -2.71. The van der Waals surface area contributed by atoms with Crippen molar-refractivity contribution in [2.24, 2.45) is 50.2 Å². The first-order valence-electron chi connectivity index (χ1n) is 17.5. The van der Waals surface area contributed by atoms with Gasteiger partial charge in [-0.25, -0.2) is 0 Å². The zero-order chi connectivity index (χ0) is 31.1. The van der Waals surface area contributed by atoms with Gasteiger partial charge in [-0.15, -0.1) is 0 Å². The number of hydrogen-bond donors (Lipinski definition) is 1. The van der Waals surface area contributed by atoms with E-state index in [-0.39, 0.29) is 45.1 Å². The van der Waals surface area contributed by atoms with E-state index in [0.717, 1.165) is 90.6 Å². The first-order valence-corrected chi connectivity index (χ1v) is 17.5. The van der Waals surface area contributed by atoms with Crippen molar-refractivity contribution in [3.05, 3.63) is 11.6 Å². The molecular formula is C37H59NO5. The molecule has 4 saturated carbocycles. The standard InChI is InChI=1S/C37H59NO5/c1-32(2)15-17-37(31(40)41)18-16-35(6)25(26(37)24-32)8-9-28-34(5)13-11-29(33(3,4)27(34)10-14-36(28,35)7)43-30(39)12-19-38-20-22-42-23-21-38/h8,26-29H,9-24H2,1-7H3,(H,40,41)/t26-,27-,28+,29-,34-,35+,36+,37-/m0/s1. The maximum absolute atomic E-state index is 13.1. The number of esters is 1. The van der Waals surface area contributed by atoms with Crippen LogP contribution in [0.2, 0.25) is 0 Å². The molecule has 5 fully saturated rings. The Morgan fingerprint density at radius 1 is 0.930 bits per heavy atom. The molecule has 1 saturated heterocycles. The lowest BCUT2D eigenvalue weighted by atomic mass is 9.33. The summed E-state index contributed by atoms with van der Waals surface area (Å²) in [7, 11) is 0. The fourth-order valence-electron chi connectivity index (χ4n) is 12.1. The monoisotopic (exact) mass is 597 g/mol. The van der Waals surface area contributed by atoms with Crippen LogP contribution in [0.15, 0.2) is 11.6 Å². The summed E-state index contributed by atoms with van der Waals surface area (Å²) < 4.78 is 11.8. The van der Waals surface area contributed by atoms with Crippen molar-refractivity contribution in [3.8, 4) is 0 Å². The second kappa shape index (κ2) is 10.6. The lowest BCUT2D eigenvalue weighted by molar-refractivity contribution is -0.214. The largest absolute Gasteiger partial charge is 0.481 e. The van der Waals surface area contributed by atoms with Crippen LogP contribution in [0.5, 0.6) is 0 Å². The van der Waals surface area contributed by atoms with Gasteiger partial charge in [-0.3, -0.25) is 14.5 Å². The number of carboxylic acids is 1. The summed E-state index contributed by atoms with van der Waals surface area (Å²) in [6.45, 7) is 21.2. The molecule has 8 atom stereocenters. The smallest absolute Gasteiger partial charge is 0.310 e. The average molecular weight is 598 g/mol. The van der Waals surface area contributed by atoms with E-state index >= 15 is 0 Å². The molecule has 1 aliphatic heterocycles. The summed E-state index contributed by atoms with van der Waals surface area (Å²) in [4.78, 5) is 28.3. The minimum Gasteiger partial charge on any atom is -0.481 e. The second-order valence-electron chi connectivity index (χ2n) is 17.7. The van der Waals surface area contributed by atoms with Crippen LogP contribution in [0.3, 0.4) is 0 Å². The van der Waals surface area contributed by atoms with Crippen LogP contribution < -0.4 is 0 Å². The van der Waals surface area contributed by atoms with Crippen LogP contribution in [0.4, 0.5) is 0 Å². The third-order valence-electron chi connectivity index (χ3n) is 15.0. The van der Waals surface area contributed by atoms with Gasteiger partial charge in [-0.05, 0) is 104 Å². The van der Waals surface area contributed by atoms with Gasteiger partial charge in [-0.1, -0.05) is 60.1 Å². The molecule has 1 heterocycles. The van der Waals surface area contributed by atoms with Gasteiger partial charge in [-0.2, -0.15) is 0 Å². The fourth-order valence-corrected chi connectivity index (χ4v) is 12.1. The van der Waals surface area contributed by atoms with Crippen molar-refractivity contribution >= 4 is 11.9 Å². The number of carbonyl (C=O) groups excluding carboxylic acids is 1. The molecule has 6 rings (SSSR count). The normalized spacial score (nSPS) is 45.4. The number of morpholine rings is 1. The highest BCUT2D eigenvalue weighted by Crippen LogP contribution is 2.75. The minimum absolute atomic E-state index is 0.0345. The molecule has 0 amide bonds. The number of fused-ring (bicyclic) bond motifs is 7. The summed E-state index contributed by atoms with van der Waals surface area (Å²) in [5.74, 6) is 0.598. The molecule has 0 unspecified atom stereocenters. The first-order chi connectivity index (χ1) is 20.1. The molecule has 0 spiro atoms. The molecule has 6 aliphatic rings. The van der Waals surface area contributed by atoms with Crippen LogP contribution in [0, 0.1) is 50.2 Å². The molecule has 5 aliphatic carbocycles. The predicted octanol–water partition coefficient (Wildman–Crippen LogP) is 7.51. The topological polar surface area (TPSA) is 76.1 Å². The van der Waals surface area contributed by atoms with Gasteiger partial charge >= 0.3 is 11.9 Å². The Balaban J connectivity index is 1.23. The van der Waals surface area contributed by atoms with E-state index in [1.807, 2.05) is 0 Å². The van der Waals surface area contributed by atoms with Crippen molar-refractivity contribution in [2.45, 2.75) is 125 Å². The molecule has 0 aromatic rings. The zero-order valence-corrected chi connectivity index (χ0v) is 28.2. The van der Waals surface area contributed by atoms with Gasteiger partial charge in [0.2, 0.25) is 0 Å². The number of aliphatic carboxylic acids is 1. The molecule has 43 heavy (non-hydrogen) atoms. The van der Waals surface area contributed by atoms with Gasteiger partial charge in [0.25, 0.3) is 0 Å². The summed E-state index contributed by atoms with van der Waals surface area (Å²) in [6, 6.07) is 0. The molecular weight excluding hydrogens is 538 g/mol. The number of nitrogens with zero attached hydrogens (tertiary/aromatic N) is 1. The van der Waals surface area contributed by atoms with Crippen LogP contribution in [0.1, 0.15) is 119 Å². The van der Waals surface area contributed by atoms with Gasteiger partial charge in [0.05, 0.1) is 25.0 Å². The lowest BCUT2D eigenvalue weighted by Crippen LogP contribution is -2.65. The van der Waals surface area contributed by atoms with Gasteiger partial charge in [0.1, 0.15) is 6.10 Å². The number of hydrogen-bond acceptors (Lipinski definition) is 5. The third-order valence-corrected chi connectivity index (χ3v) is 15.0. The van der Waals surface area contributed by atoms with Gasteiger partial charge < -0.3 is 14.6 Å². The Morgan fingerprint density at radius 3 is 2.33 bits per heavy atom. The highest BCUT2D eigenvalue weighted by Gasteiger charge is 2.69. The highest BCUT2D eigenvalue weighted by molar-refractivity contribution is 5.76. The Morgan fingerprint density at radius 2 is 1.63 bits per heavy atom. The Hall–Kier alpha value is -1.40. The number of allylic oxidation sites excluding steroid dienone is 2. The molecule has 6 heteroatoms. The van der Waals surface area contributed by atoms with Crippen LogP contribution >= 0.6 is 0 Å². The van der Waals surface area contributed by atoms with E-state index in [4.69, 9.17) is 9.47 Å². The molecule has 242 valence electrons. The number of carboxylic acid groups (broad SMARTS) is 1. The van der Waals surface area contributed by atoms with Crippen molar-refractivity contribution < 1.29 is 24.2 Å². The molecule has 0 aromatic carbocycles. The van der Waals surface area contributed by atoms with Crippen LogP contribution in [-0.2, 0) is 19.1 Å². The maximum Gasteiger partial charge on any atom is 0.310 e. The van der Waals surface area contributed by atoms with Gasteiger partial charge in [0.15, 0.2) is 0 Å². The summed E-state index contributed by atoms with van der Waals surface area (Å²) in [5, 5.41) is 10.6. The van der Waals surface area contributed by atoms with E-state index in [9.17, 15) is 14.7 Å². The SMILES string of the molecule is CC1(C)CC[C@]2(C(=O)O)CC[C@]3(C)C(=CC[C@@H]4[C@@]5(C)CC[C@H](OC(=O)CCN6CCOCC6)C(C)(C)[C@@H]5CC[C@]43C)[C@@H]2C1. The summed E-state index contributed by atoms with van der Waals surface area (Å²) in [6.07, 6.45) is 13.0. The number of ether oxygens (including phenoxy) is 2. The van der Waals surface area contributed by atoms with Crippen molar-refractivity contribution in [1.29, 1.82) is 0 Å². The Labute approximate surface area is 260 Å². The molecule has 0 bridgehead atoms. The predicted molar refractivity (Wildman–Crippen MR) is 168 cm³/mol. The maximum atomic E-state index is 13.1. The first kappa shape index (κ1) is 31.6. The van der Waals surface area contributed by atoms with Gasteiger partial charge in [0, 0.05) is 25.0 Å². The van der Waals surface area contributed by atoms with Crippen molar-refractivity contribution in [1.82, 2.24) is 4.90 Å². The number of carbonyl (C=O) groups is 2. The fraction of sp³-hybridized carbons (Fsp3) is 0.892. The Bertz CT molecular complexity index is 1150. The Kier molecular flexibility index (Phi) is 7.76. The summed E-state index contributed by atoms with van der Waals surface area (Å²) in [5.41, 5.74) is 1.37. The highest BCUT2D eigenvalue weighted by atomic mass is 16.5. The van der Waals surface area contributed by atoms with E-state index in [0.29, 0.717) is 18.3 Å². The third kappa shape index (κ3) is 4.77. The van der Waals surface area contributed by atoms with Crippen LogP contribution in [-0.4, -0.2) is 60.9 Å². The number of rotatable bonds is 5. The molecule has 6 nitrogen and oxygen atoms in total. The summed E-state index contributed by atoms with van der Waals surface area (Å²) >= 11 is 0. The van der Waals surface area contributed by atoms with E-state index < -0.39 is 11.4 Å². The minimum atomic E-state index is -0.586. The quantitative estimate of drug-likeness (QED) is 0.261. The van der Waals surface area contributed by atoms with E-state index in [2.05, 4.69) is 59.4 Å². The zero-order valence-electron chi connectivity index (χ0n) is 28.2.